The van der Waals surface area contributed by atoms with Gasteiger partial charge >= 0.3 is 5.97 Å². The Hall–Kier alpha value is -2.51. The maximum Gasteiger partial charge on any atom is 0.303 e. The van der Waals surface area contributed by atoms with Gasteiger partial charge in [0.25, 0.3) is 0 Å². The maximum atomic E-state index is 10.7. The molecule has 7 heteroatoms. The summed E-state index contributed by atoms with van der Waals surface area (Å²) in [6.45, 7) is 1.21. The van der Waals surface area contributed by atoms with E-state index in [9.17, 15) is 4.79 Å². The number of hydrogen-bond acceptors (Lipinski definition) is 6. The normalized spacial score (nSPS) is 11.2. The molecule has 0 aliphatic carbocycles. The van der Waals surface area contributed by atoms with Crippen LogP contribution in [0, 0.1) is 0 Å². The third-order valence-corrected chi connectivity index (χ3v) is 4.75. The summed E-state index contributed by atoms with van der Waals surface area (Å²) < 4.78 is 0. The molecule has 2 heterocycles. The lowest BCUT2D eigenvalue weighted by molar-refractivity contribution is -0.137. The summed E-state index contributed by atoms with van der Waals surface area (Å²) in [6, 6.07) is 10.2. The van der Waals surface area contributed by atoms with Crippen molar-refractivity contribution in [1.29, 1.82) is 0 Å². The average molecular weight is 370 g/mol. The highest BCUT2D eigenvalue weighted by atomic mass is 32.1. The van der Waals surface area contributed by atoms with E-state index in [0.717, 1.165) is 33.0 Å². The largest absolute Gasteiger partial charge is 0.481 e. The molecule has 3 aromatic rings. The Morgan fingerprint density at radius 2 is 2.00 bits per heavy atom. The highest BCUT2D eigenvalue weighted by Crippen LogP contribution is 2.37. The van der Waals surface area contributed by atoms with Crippen molar-refractivity contribution in [1.82, 2.24) is 14.9 Å². The Labute approximate surface area is 156 Å². The first-order chi connectivity index (χ1) is 12.5. The maximum absolute atomic E-state index is 10.7. The van der Waals surface area contributed by atoms with Crippen molar-refractivity contribution in [3.05, 3.63) is 41.5 Å². The van der Waals surface area contributed by atoms with Gasteiger partial charge in [-0.1, -0.05) is 30.3 Å². The molecule has 0 saturated heterocycles. The summed E-state index contributed by atoms with van der Waals surface area (Å²) in [7, 11) is 3.97. The van der Waals surface area contributed by atoms with Crippen LogP contribution in [0.2, 0.25) is 0 Å². The van der Waals surface area contributed by atoms with Crippen molar-refractivity contribution in [2.45, 2.75) is 19.4 Å². The number of nitrogens with one attached hydrogen (secondary N) is 1. The smallest absolute Gasteiger partial charge is 0.303 e. The Bertz CT molecular complexity index is 893. The summed E-state index contributed by atoms with van der Waals surface area (Å²) in [4.78, 5) is 23.1. The monoisotopic (exact) mass is 370 g/mol. The summed E-state index contributed by atoms with van der Waals surface area (Å²) in [5.41, 5.74) is 2.22. The van der Waals surface area contributed by atoms with E-state index >= 15 is 0 Å². The molecule has 0 radical (unpaired) electrons. The van der Waals surface area contributed by atoms with Crippen molar-refractivity contribution in [2.24, 2.45) is 0 Å². The van der Waals surface area contributed by atoms with E-state index in [1.54, 1.807) is 11.3 Å². The number of nitrogens with zero attached hydrogens (tertiary/aromatic N) is 3. The first-order valence-electron chi connectivity index (χ1n) is 8.48. The second kappa shape index (κ2) is 8.25. The Balaban J connectivity index is 1.98. The van der Waals surface area contributed by atoms with Gasteiger partial charge in [0.15, 0.2) is 0 Å². The molecular formula is C19H22N4O2S. The number of anilines is 1. The van der Waals surface area contributed by atoms with E-state index in [1.165, 1.54) is 0 Å². The number of carbonyl (C=O) groups is 1. The lowest BCUT2D eigenvalue weighted by atomic mass is 10.1. The molecule has 2 aromatic heterocycles. The van der Waals surface area contributed by atoms with Crippen LogP contribution in [0.15, 0.2) is 35.7 Å². The van der Waals surface area contributed by atoms with Gasteiger partial charge in [0.2, 0.25) is 0 Å². The van der Waals surface area contributed by atoms with E-state index in [-0.39, 0.29) is 6.42 Å². The standard InChI is InChI=1S/C19H22N4O2S/c1-23(2)11-15-21-18(20-10-6-9-16(24)25)17-14(12-26-19(17)22-15)13-7-4-3-5-8-13/h3-5,7-8,12H,6,9-11H2,1-2H3,(H,24,25)(H,20,21,22). The van der Waals surface area contributed by atoms with Gasteiger partial charge in [-0.15, -0.1) is 11.3 Å². The number of fused-ring (bicyclic) bond motifs is 1. The number of carboxylic acid groups (broad SMARTS) is 1. The average Bonchev–Trinajstić information content (AvgIpc) is 3.02. The fourth-order valence-electron chi connectivity index (χ4n) is 2.74. The van der Waals surface area contributed by atoms with Crippen LogP contribution < -0.4 is 5.32 Å². The van der Waals surface area contributed by atoms with Crippen LogP contribution in [0.3, 0.4) is 0 Å². The molecule has 0 unspecified atom stereocenters. The van der Waals surface area contributed by atoms with Gasteiger partial charge in [0, 0.05) is 23.9 Å². The molecule has 0 bridgehead atoms. The number of aromatic nitrogens is 2. The summed E-state index contributed by atoms with van der Waals surface area (Å²) in [5.74, 6) is 0.746. The quantitative estimate of drug-likeness (QED) is 0.589. The summed E-state index contributed by atoms with van der Waals surface area (Å²) >= 11 is 1.60. The number of hydrogen-bond donors (Lipinski definition) is 2. The van der Waals surface area contributed by atoms with Crippen LogP contribution in [-0.2, 0) is 11.3 Å². The summed E-state index contributed by atoms with van der Waals surface area (Å²) in [5, 5.41) is 15.3. The molecule has 2 N–H and O–H groups in total. The zero-order valence-electron chi connectivity index (χ0n) is 14.9. The fourth-order valence-corrected chi connectivity index (χ4v) is 3.71. The second-order valence-corrected chi connectivity index (χ2v) is 7.20. The fraction of sp³-hybridized carbons (Fsp3) is 0.316. The molecule has 0 fully saturated rings. The van der Waals surface area contributed by atoms with Gasteiger partial charge in [-0.2, -0.15) is 0 Å². The minimum atomic E-state index is -0.784. The van der Waals surface area contributed by atoms with Crippen molar-refractivity contribution >= 4 is 33.3 Å². The van der Waals surface area contributed by atoms with Gasteiger partial charge in [-0.3, -0.25) is 4.79 Å². The lowest BCUT2D eigenvalue weighted by Gasteiger charge is -2.12. The van der Waals surface area contributed by atoms with Crippen LogP contribution in [0.4, 0.5) is 5.82 Å². The third kappa shape index (κ3) is 4.36. The molecule has 0 saturated carbocycles. The molecule has 3 rings (SSSR count). The number of benzene rings is 1. The van der Waals surface area contributed by atoms with Crippen LogP contribution in [0.25, 0.3) is 21.3 Å². The molecule has 0 atom stereocenters. The summed E-state index contributed by atoms with van der Waals surface area (Å²) in [6.07, 6.45) is 0.690. The van der Waals surface area contributed by atoms with E-state index in [1.807, 2.05) is 37.2 Å². The van der Waals surface area contributed by atoms with Crippen molar-refractivity contribution in [3.8, 4) is 11.1 Å². The Kier molecular flexibility index (Phi) is 5.80. The molecule has 0 aliphatic rings. The second-order valence-electron chi connectivity index (χ2n) is 6.35. The SMILES string of the molecule is CN(C)Cc1nc(NCCCC(=O)O)c2c(-c3ccccc3)csc2n1. The van der Waals surface area contributed by atoms with E-state index in [2.05, 4.69) is 22.8 Å². The third-order valence-electron chi connectivity index (χ3n) is 3.88. The number of aliphatic carboxylic acids is 1. The van der Waals surface area contributed by atoms with Gasteiger partial charge < -0.3 is 15.3 Å². The molecule has 26 heavy (non-hydrogen) atoms. The Morgan fingerprint density at radius 3 is 2.69 bits per heavy atom. The predicted octanol–water partition coefficient (Wildman–Crippen LogP) is 3.70. The van der Waals surface area contributed by atoms with Crippen LogP contribution >= 0.6 is 11.3 Å². The van der Waals surface area contributed by atoms with E-state index < -0.39 is 5.97 Å². The zero-order valence-corrected chi connectivity index (χ0v) is 15.7. The van der Waals surface area contributed by atoms with Crippen LogP contribution in [0.1, 0.15) is 18.7 Å². The molecule has 136 valence electrons. The van der Waals surface area contributed by atoms with E-state index in [4.69, 9.17) is 15.1 Å². The molecular weight excluding hydrogens is 348 g/mol. The molecule has 0 aliphatic heterocycles. The highest BCUT2D eigenvalue weighted by Gasteiger charge is 2.15. The topological polar surface area (TPSA) is 78.4 Å². The van der Waals surface area contributed by atoms with Gasteiger partial charge in [0.05, 0.1) is 11.9 Å². The van der Waals surface area contributed by atoms with Gasteiger partial charge in [-0.05, 0) is 26.1 Å². The van der Waals surface area contributed by atoms with Gasteiger partial charge in [0.1, 0.15) is 16.5 Å². The van der Waals surface area contributed by atoms with Crippen molar-refractivity contribution in [3.63, 3.8) is 0 Å². The van der Waals surface area contributed by atoms with Crippen LogP contribution in [-0.4, -0.2) is 46.6 Å². The number of rotatable bonds is 8. The predicted molar refractivity (Wildman–Crippen MR) is 106 cm³/mol. The zero-order chi connectivity index (χ0) is 18.5. The molecule has 1 aromatic carbocycles. The van der Waals surface area contributed by atoms with E-state index in [0.29, 0.717) is 19.5 Å². The molecule has 6 nitrogen and oxygen atoms in total. The van der Waals surface area contributed by atoms with Crippen LogP contribution in [0.5, 0.6) is 0 Å². The number of carboxylic acids is 1. The Morgan fingerprint density at radius 1 is 1.23 bits per heavy atom. The first kappa shape index (κ1) is 18.3. The number of thiophene rings is 1. The minimum Gasteiger partial charge on any atom is -0.481 e. The van der Waals surface area contributed by atoms with Gasteiger partial charge in [-0.25, -0.2) is 9.97 Å². The van der Waals surface area contributed by atoms with Crippen molar-refractivity contribution in [2.75, 3.05) is 26.0 Å². The molecule has 0 spiro atoms. The molecule has 0 amide bonds. The first-order valence-corrected chi connectivity index (χ1v) is 9.36. The lowest BCUT2D eigenvalue weighted by Crippen LogP contribution is -2.15. The minimum absolute atomic E-state index is 0.140. The van der Waals surface area contributed by atoms with Crippen molar-refractivity contribution < 1.29 is 9.90 Å². The highest BCUT2D eigenvalue weighted by molar-refractivity contribution is 7.17.